The number of furan rings is 1. The quantitative estimate of drug-likeness (QED) is 0.231. The number of amides is 1. The number of aromatic hydroxyl groups is 1. The topological polar surface area (TPSA) is 84.6 Å². The number of para-hydroxylation sites is 2. The van der Waals surface area contributed by atoms with Crippen LogP contribution in [0.2, 0.25) is 5.02 Å². The molecule has 6 nitrogen and oxygen atoms in total. The largest absolute Gasteiger partial charge is 0.505 e. The summed E-state index contributed by atoms with van der Waals surface area (Å²) >= 11 is 8.73. The van der Waals surface area contributed by atoms with E-state index in [0.29, 0.717) is 38.6 Å². The normalized spacial score (nSPS) is 12.1. The van der Waals surface area contributed by atoms with Gasteiger partial charge in [-0.25, -0.2) is 0 Å². The third-order valence-corrected chi connectivity index (χ3v) is 6.82. The number of ether oxygens (including phenoxy) is 1. The molecule has 0 radical (unpaired) electrons. The molecule has 5 rings (SSSR count). The summed E-state index contributed by atoms with van der Waals surface area (Å²) in [6, 6.07) is 21.0. The summed E-state index contributed by atoms with van der Waals surface area (Å²) in [4.78, 5) is 17.2. The van der Waals surface area contributed by atoms with Crippen LogP contribution in [0.25, 0.3) is 21.9 Å². The molecule has 0 fully saturated rings. The van der Waals surface area contributed by atoms with Crippen LogP contribution in [0, 0.1) is 3.57 Å². The summed E-state index contributed by atoms with van der Waals surface area (Å²) in [5, 5.41) is 16.0. The molecule has 5 aromatic rings. The van der Waals surface area contributed by atoms with Crippen LogP contribution in [0.15, 0.2) is 83.4 Å². The Morgan fingerprint density at radius 2 is 1.82 bits per heavy atom. The zero-order chi connectivity index (χ0) is 23.7. The number of fused-ring (bicyclic) bond motifs is 2. The van der Waals surface area contributed by atoms with E-state index >= 15 is 0 Å². The predicted molar refractivity (Wildman–Crippen MR) is 139 cm³/mol. The number of phenols is 1. The van der Waals surface area contributed by atoms with Crippen LogP contribution >= 0.6 is 34.2 Å². The molecule has 0 spiro atoms. The van der Waals surface area contributed by atoms with Gasteiger partial charge in [-0.3, -0.25) is 9.78 Å². The fraction of sp³-hybridized carbons (Fsp3) is 0.0769. The molecule has 2 aromatic heterocycles. The summed E-state index contributed by atoms with van der Waals surface area (Å²) < 4.78 is 12.6. The van der Waals surface area contributed by atoms with Crippen LogP contribution in [0.3, 0.4) is 0 Å². The molecule has 0 aliphatic heterocycles. The van der Waals surface area contributed by atoms with Gasteiger partial charge in [0.05, 0.1) is 8.59 Å². The molecule has 8 heteroatoms. The van der Waals surface area contributed by atoms with Crippen molar-refractivity contribution in [2.24, 2.45) is 0 Å². The highest BCUT2D eigenvalue weighted by atomic mass is 127. The molecule has 2 N–H and O–H groups in total. The van der Waals surface area contributed by atoms with Crippen molar-refractivity contribution < 1.29 is 19.1 Å². The van der Waals surface area contributed by atoms with Crippen molar-refractivity contribution >= 4 is 62.0 Å². The molecule has 0 saturated carbocycles. The molecular weight excluding hydrogens is 567 g/mol. The van der Waals surface area contributed by atoms with Crippen molar-refractivity contribution in [2.75, 3.05) is 6.61 Å². The minimum Gasteiger partial charge on any atom is -0.505 e. The van der Waals surface area contributed by atoms with Crippen molar-refractivity contribution in [1.82, 2.24) is 10.3 Å². The van der Waals surface area contributed by atoms with Gasteiger partial charge >= 0.3 is 0 Å². The van der Waals surface area contributed by atoms with Gasteiger partial charge in [0, 0.05) is 22.5 Å². The first-order valence-corrected chi connectivity index (χ1v) is 11.9. The van der Waals surface area contributed by atoms with E-state index in [2.05, 4.69) is 32.9 Å². The van der Waals surface area contributed by atoms with E-state index < -0.39 is 6.04 Å². The van der Waals surface area contributed by atoms with Crippen LogP contribution in [0.5, 0.6) is 11.5 Å². The second-order valence-corrected chi connectivity index (χ2v) is 9.06. The Labute approximate surface area is 213 Å². The third kappa shape index (κ3) is 4.28. The monoisotopic (exact) mass is 584 g/mol. The Kier molecular flexibility index (Phi) is 6.30. The lowest BCUT2D eigenvalue weighted by atomic mass is 10.00. The summed E-state index contributed by atoms with van der Waals surface area (Å²) in [5.41, 5.74) is 1.39. The van der Waals surface area contributed by atoms with E-state index in [1.54, 1.807) is 36.5 Å². The lowest BCUT2D eigenvalue weighted by Gasteiger charge is -2.20. The first kappa shape index (κ1) is 22.5. The number of nitrogens with one attached hydrogen (secondary N) is 1. The molecule has 1 unspecified atom stereocenters. The molecule has 0 saturated heterocycles. The molecular formula is C26H18ClIN2O4. The molecule has 3 aromatic carbocycles. The number of carbonyl (C=O) groups excluding carboxylic acids is 1. The Balaban J connectivity index is 1.57. The fourth-order valence-corrected chi connectivity index (χ4v) is 4.93. The number of halogens is 2. The van der Waals surface area contributed by atoms with Crippen molar-refractivity contribution in [1.29, 1.82) is 0 Å². The number of hydrogen-bond acceptors (Lipinski definition) is 5. The van der Waals surface area contributed by atoms with Gasteiger partial charge < -0.3 is 19.6 Å². The van der Waals surface area contributed by atoms with Crippen LogP contribution in [0.1, 0.15) is 17.4 Å². The third-order valence-electron chi connectivity index (χ3n) is 5.40. The molecule has 0 aliphatic carbocycles. The standard InChI is InChI=1S/C26H18ClIN2O4/c27-19-13-18(25(32)23-16(19)10-6-12-29-23)24(26-22(28)17-9-4-5-11-20(17)34-26)30-21(31)14-33-15-7-2-1-3-8-15/h1-13,24,32H,14H2,(H,30,31). The van der Waals surface area contributed by atoms with Gasteiger partial charge in [0.2, 0.25) is 0 Å². The fourth-order valence-electron chi connectivity index (χ4n) is 3.80. The number of pyridine rings is 1. The second-order valence-electron chi connectivity index (χ2n) is 7.57. The summed E-state index contributed by atoms with van der Waals surface area (Å²) in [6.45, 7) is -0.211. The number of rotatable bonds is 6. The van der Waals surface area contributed by atoms with Crippen LogP contribution in [-0.4, -0.2) is 22.6 Å². The molecule has 34 heavy (non-hydrogen) atoms. The van der Waals surface area contributed by atoms with Crippen molar-refractivity contribution in [3.8, 4) is 11.5 Å². The Hall–Kier alpha value is -3.30. The van der Waals surface area contributed by atoms with Gasteiger partial charge in [-0.15, -0.1) is 0 Å². The first-order valence-electron chi connectivity index (χ1n) is 10.4. The lowest BCUT2D eigenvalue weighted by Crippen LogP contribution is -2.33. The molecule has 1 amide bonds. The van der Waals surface area contributed by atoms with Crippen molar-refractivity contribution in [3.05, 3.63) is 98.9 Å². The second kappa shape index (κ2) is 9.52. The SMILES string of the molecule is O=C(COc1ccccc1)NC(c1cc(Cl)c2cccnc2c1O)c1oc2ccccc2c1I. The van der Waals surface area contributed by atoms with Crippen LogP contribution in [-0.2, 0) is 4.79 Å². The van der Waals surface area contributed by atoms with Gasteiger partial charge in [-0.1, -0.05) is 48.0 Å². The van der Waals surface area contributed by atoms with Crippen molar-refractivity contribution in [2.45, 2.75) is 6.04 Å². The molecule has 1 atom stereocenters. The van der Waals surface area contributed by atoms with E-state index in [0.717, 1.165) is 8.96 Å². The number of hydrogen-bond donors (Lipinski definition) is 2. The minimum absolute atomic E-state index is 0.0782. The van der Waals surface area contributed by atoms with Crippen LogP contribution < -0.4 is 10.1 Å². The number of nitrogens with zero attached hydrogens (tertiary/aromatic N) is 1. The van der Waals surface area contributed by atoms with Gasteiger partial charge in [-0.05, 0) is 59.0 Å². The van der Waals surface area contributed by atoms with Gasteiger partial charge in [0.25, 0.3) is 5.91 Å². The molecule has 2 heterocycles. The van der Waals surface area contributed by atoms with Gasteiger partial charge in [0.15, 0.2) is 6.61 Å². The van der Waals surface area contributed by atoms with E-state index in [1.807, 2.05) is 42.5 Å². The highest BCUT2D eigenvalue weighted by Gasteiger charge is 2.29. The number of phenolic OH excluding ortho intramolecular Hbond substituents is 1. The van der Waals surface area contributed by atoms with Gasteiger partial charge in [-0.2, -0.15) is 0 Å². The van der Waals surface area contributed by atoms with Crippen LogP contribution in [0.4, 0.5) is 0 Å². The Bertz CT molecular complexity index is 1500. The van der Waals surface area contributed by atoms with E-state index in [4.69, 9.17) is 20.8 Å². The minimum atomic E-state index is -0.824. The lowest BCUT2D eigenvalue weighted by molar-refractivity contribution is -0.123. The molecule has 0 aliphatic rings. The number of aromatic nitrogens is 1. The number of benzene rings is 3. The number of carbonyl (C=O) groups is 1. The first-order chi connectivity index (χ1) is 16.5. The van der Waals surface area contributed by atoms with Gasteiger partial charge in [0.1, 0.15) is 34.4 Å². The summed E-state index contributed by atoms with van der Waals surface area (Å²) in [7, 11) is 0. The van der Waals surface area contributed by atoms with E-state index in [-0.39, 0.29) is 18.3 Å². The highest BCUT2D eigenvalue weighted by molar-refractivity contribution is 14.1. The maximum Gasteiger partial charge on any atom is 0.258 e. The predicted octanol–water partition coefficient (Wildman–Crippen LogP) is 6.23. The van der Waals surface area contributed by atoms with E-state index in [1.165, 1.54) is 0 Å². The zero-order valence-electron chi connectivity index (χ0n) is 17.7. The molecule has 0 bridgehead atoms. The zero-order valence-corrected chi connectivity index (χ0v) is 20.6. The maximum atomic E-state index is 12.9. The maximum absolute atomic E-state index is 12.9. The highest BCUT2D eigenvalue weighted by Crippen LogP contribution is 2.41. The average Bonchev–Trinajstić information content (AvgIpc) is 3.20. The Morgan fingerprint density at radius 3 is 2.62 bits per heavy atom. The summed E-state index contributed by atoms with van der Waals surface area (Å²) in [5.74, 6) is 0.595. The average molecular weight is 585 g/mol. The van der Waals surface area contributed by atoms with Crippen molar-refractivity contribution in [3.63, 3.8) is 0 Å². The smallest absolute Gasteiger partial charge is 0.258 e. The van der Waals surface area contributed by atoms with E-state index in [9.17, 15) is 9.90 Å². The Morgan fingerprint density at radius 1 is 1.09 bits per heavy atom. The summed E-state index contributed by atoms with van der Waals surface area (Å²) in [6.07, 6.45) is 1.58. The molecule has 170 valence electrons.